The van der Waals surface area contributed by atoms with E-state index in [9.17, 15) is 5.11 Å². The number of piperidine rings is 1. The maximum Gasteiger partial charge on any atom is 0.120 e. The van der Waals surface area contributed by atoms with Crippen molar-refractivity contribution in [2.45, 2.75) is 31.3 Å². The van der Waals surface area contributed by atoms with Gasteiger partial charge in [-0.3, -0.25) is 0 Å². The molecule has 22 heavy (non-hydrogen) atoms. The Labute approximate surface area is 131 Å². The molecule has 0 radical (unpaired) electrons. The molecule has 0 saturated carbocycles. The highest BCUT2D eigenvalue weighted by molar-refractivity contribution is 5.46. The summed E-state index contributed by atoms with van der Waals surface area (Å²) in [4.78, 5) is 2.44. The molecule has 4 heteroatoms. The van der Waals surface area contributed by atoms with E-state index in [1.807, 2.05) is 12.1 Å². The number of nitrogens with one attached hydrogen (secondary N) is 1. The molecular weight excluding hydrogens is 276 g/mol. The fraction of sp³-hybridized carbons (Fsp3) is 0.444. The maximum atomic E-state index is 9.27. The van der Waals surface area contributed by atoms with Crippen LogP contribution in [0.15, 0.2) is 53.1 Å². The molecule has 1 aliphatic rings. The van der Waals surface area contributed by atoms with Gasteiger partial charge in [-0.2, -0.15) is 0 Å². The van der Waals surface area contributed by atoms with Crippen LogP contribution in [-0.2, 0) is 0 Å². The normalized spacial score (nSPS) is 17.6. The Morgan fingerprint density at radius 1 is 1.14 bits per heavy atom. The van der Waals surface area contributed by atoms with Crippen LogP contribution in [0.1, 0.15) is 31.1 Å². The van der Waals surface area contributed by atoms with Gasteiger partial charge in [-0.25, -0.2) is 0 Å². The van der Waals surface area contributed by atoms with Crippen LogP contribution in [0.3, 0.4) is 0 Å². The second-order valence-electron chi connectivity index (χ2n) is 5.84. The van der Waals surface area contributed by atoms with Crippen molar-refractivity contribution in [1.29, 1.82) is 0 Å². The first-order valence-electron chi connectivity index (χ1n) is 8.07. The molecule has 0 amide bonds. The first-order chi connectivity index (χ1) is 10.9. The standard InChI is InChI=1S/C18H24N2O2/c21-13-10-17(18-7-4-14-22-18)19-15-8-11-20(12-9-15)16-5-2-1-3-6-16/h1-7,14-15,17,19,21H,8-13H2/t17-/m0/s1. The van der Waals surface area contributed by atoms with E-state index in [1.165, 1.54) is 5.69 Å². The lowest BCUT2D eigenvalue weighted by molar-refractivity contribution is 0.239. The van der Waals surface area contributed by atoms with Gasteiger partial charge in [0.15, 0.2) is 0 Å². The molecule has 1 fully saturated rings. The number of aliphatic hydroxyl groups is 1. The van der Waals surface area contributed by atoms with E-state index in [-0.39, 0.29) is 12.6 Å². The highest BCUT2D eigenvalue weighted by atomic mass is 16.3. The molecule has 4 nitrogen and oxygen atoms in total. The van der Waals surface area contributed by atoms with E-state index in [4.69, 9.17) is 4.42 Å². The molecule has 0 unspecified atom stereocenters. The van der Waals surface area contributed by atoms with Crippen LogP contribution in [0, 0.1) is 0 Å². The summed E-state index contributed by atoms with van der Waals surface area (Å²) in [6, 6.07) is 15.0. The fourth-order valence-electron chi connectivity index (χ4n) is 3.15. The van der Waals surface area contributed by atoms with Gasteiger partial charge in [0.05, 0.1) is 12.3 Å². The Hall–Kier alpha value is -1.78. The summed E-state index contributed by atoms with van der Waals surface area (Å²) >= 11 is 0. The summed E-state index contributed by atoms with van der Waals surface area (Å²) in [6.07, 6.45) is 4.60. The first kappa shape index (κ1) is 15.1. The third kappa shape index (κ3) is 3.70. The third-order valence-corrected chi connectivity index (χ3v) is 4.36. The lowest BCUT2D eigenvalue weighted by atomic mass is 10.0. The van der Waals surface area contributed by atoms with Gasteiger partial charge in [0, 0.05) is 31.4 Å². The van der Waals surface area contributed by atoms with Crippen LogP contribution < -0.4 is 10.2 Å². The second-order valence-corrected chi connectivity index (χ2v) is 5.84. The molecule has 0 aliphatic carbocycles. The SMILES string of the molecule is OCC[C@H](NC1CCN(c2ccccc2)CC1)c1ccco1. The lowest BCUT2D eigenvalue weighted by Gasteiger charge is -2.35. The molecule has 2 aromatic rings. The number of aliphatic hydroxyl groups excluding tert-OH is 1. The number of anilines is 1. The Morgan fingerprint density at radius 2 is 1.91 bits per heavy atom. The molecule has 0 bridgehead atoms. The summed E-state index contributed by atoms with van der Waals surface area (Å²) in [5.74, 6) is 0.916. The molecule has 3 rings (SSSR count). The van der Waals surface area contributed by atoms with Gasteiger partial charge in [-0.1, -0.05) is 18.2 Å². The molecule has 1 aromatic heterocycles. The van der Waals surface area contributed by atoms with E-state index >= 15 is 0 Å². The molecule has 2 N–H and O–H groups in total. The van der Waals surface area contributed by atoms with Gasteiger partial charge in [-0.05, 0) is 43.5 Å². The van der Waals surface area contributed by atoms with Crippen LogP contribution in [0.25, 0.3) is 0 Å². The third-order valence-electron chi connectivity index (χ3n) is 4.36. The van der Waals surface area contributed by atoms with Crippen molar-refractivity contribution in [3.63, 3.8) is 0 Å². The van der Waals surface area contributed by atoms with E-state index < -0.39 is 0 Å². The first-order valence-corrected chi connectivity index (χ1v) is 8.07. The van der Waals surface area contributed by atoms with Gasteiger partial charge in [0.2, 0.25) is 0 Å². The van der Waals surface area contributed by atoms with Crippen LogP contribution in [0.4, 0.5) is 5.69 Å². The molecule has 1 atom stereocenters. The highest BCUT2D eigenvalue weighted by Crippen LogP contribution is 2.23. The quantitative estimate of drug-likeness (QED) is 0.861. The van der Waals surface area contributed by atoms with Crippen molar-refractivity contribution in [3.05, 3.63) is 54.5 Å². The predicted octanol–water partition coefficient (Wildman–Crippen LogP) is 2.96. The smallest absolute Gasteiger partial charge is 0.120 e. The number of para-hydroxylation sites is 1. The summed E-state index contributed by atoms with van der Waals surface area (Å²) < 4.78 is 5.50. The van der Waals surface area contributed by atoms with Crippen molar-refractivity contribution in [1.82, 2.24) is 5.32 Å². The molecule has 1 aliphatic heterocycles. The zero-order chi connectivity index (χ0) is 15.2. The minimum atomic E-state index is 0.105. The number of benzene rings is 1. The van der Waals surface area contributed by atoms with Crippen LogP contribution in [-0.4, -0.2) is 30.8 Å². The summed E-state index contributed by atoms with van der Waals surface area (Å²) in [7, 11) is 0. The van der Waals surface area contributed by atoms with E-state index in [0.29, 0.717) is 12.5 Å². The van der Waals surface area contributed by atoms with Gasteiger partial charge >= 0.3 is 0 Å². The Bertz CT molecular complexity index is 533. The molecule has 1 saturated heterocycles. The van der Waals surface area contributed by atoms with E-state index in [0.717, 1.165) is 31.7 Å². The minimum Gasteiger partial charge on any atom is -0.468 e. The number of hydrogen-bond acceptors (Lipinski definition) is 4. The average molecular weight is 300 g/mol. The van der Waals surface area contributed by atoms with Crippen molar-refractivity contribution >= 4 is 5.69 Å². The van der Waals surface area contributed by atoms with Gasteiger partial charge in [-0.15, -0.1) is 0 Å². The van der Waals surface area contributed by atoms with E-state index in [1.54, 1.807) is 6.26 Å². The Morgan fingerprint density at radius 3 is 2.55 bits per heavy atom. The minimum absolute atomic E-state index is 0.105. The number of furan rings is 1. The van der Waals surface area contributed by atoms with Crippen molar-refractivity contribution in [2.75, 3.05) is 24.6 Å². The molecule has 1 aromatic carbocycles. The number of nitrogens with zero attached hydrogens (tertiary/aromatic N) is 1. The molecule has 0 spiro atoms. The van der Waals surface area contributed by atoms with Gasteiger partial charge < -0.3 is 19.7 Å². The summed E-state index contributed by atoms with van der Waals surface area (Å²) in [5, 5.41) is 12.9. The van der Waals surface area contributed by atoms with Gasteiger partial charge in [0.1, 0.15) is 5.76 Å². The Balaban J connectivity index is 1.54. The predicted molar refractivity (Wildman–Crippen MR) is 88.0 cm³/mol. The van der Waals surface area contributed by atoms with Crippen molar-refractivity contribution in [3.8, 4) is 0 Å². The number of rotatable bonds is 6. The van der Waals surface area contributed by atoms with Crippen LogP contribution >= 0.6 is 0 Å². The zero-order valence-corrected chi connectivity index (χ0v) is 12.8. The van der Waals surface area contributed by atoms with Crippen LogP contribution in [0.2, 0.25) is 0 Å². The summed E-state index contributed by atoms with van der Waals surface area (Å²) in [5.41, 5.74) is 1.30. The number of hydrogen-bond donors (Lipinski definition) is 2. The molecule has 118 valence electrons. The monoisotopic (exact) mass is 300 g/mol. The largest absolute Gasteiger partial charge is 0.468 e. The highest BCUT2D eigenvalue weighted by Gasteiger charge is 2.23. The molecule has 2 heterocycles. The fourth-order valence-corrected chi connectivity index (χ4v) is 3.15. The van der Waals surface area contributed by atoms with Crippen LogP contribution in [0.5, 0.6) is 0 Å². The molecular formula is C18H24N2O2. The van der Waals surface area contributed by atoms with Crippen molar-refractivity contribution in [2.24, 2.45) is 0 Å². The topological polar surface area (TPSA) is 48.6 Å². The Kier molecular flexibility index (Phi) is 5.14. The van der Waals surface area contributed by atoms with E-state index in [2.05, 4.69) is 40.5 Å². The second kappa shape index (κ2) is 7.47. The lowest BCUT2D eigenvalue weighted by Crippen LogP contribution is -2.43. The summed E-state index contributed by atoms with van der Waals surface area (Å²) in [6.45, 7) is 2.29. The van der Waals surface area contributed by atoms with Gasteiger partial charge in [0.25, 0.3) is 0 Å². The average Bonchev–Trinajstić information content (AvgIpc) is 3.10. The maximum absolute atomic E-state index is 9.27. The zero-order valence-electron chi connectivity index (χ0n) is 12.8. The van der Waals surface area contributed by atoms with Crippen molar-refractivity contribution < 1.29 is 9.52 Å².